The van der Waals surface area contributed by atoms with E-state index in [1.165, 1.54) is 45.2 Å². The Hall–Kier alpha value is -0.550. The second-order valence-electron chi connectivity index (χ2n) is 6.29. The van der Waals surface area contributed by atoms with Gasteiger partial charge in [0.05, 0.1) is 12.0 Å². The second-order valence-corrected chi connectivity index (χ2v) is 6.29. The molecule has 0 aromatic carbocycles. The highest BCUT2D eigenvalue weighted by Gasteiger charge is 2.34. The van der Waals surface area contributed by atoms with E-state index in [4.69, 9.17) is 5.26 Å². The Morgan fingerprint density at radius 3 is 2.69 bits per heavy atom. The Morgan fingerprint density at radius 2 is 1.94 bits per heavy atom. The quantitative estimate of drug-likeness (QED) is 0.678. The van der Waals surface area contributed by atoms with Crippen LogP contribution in [0.3, 0.4) is 0 Å². The third-order valence-corrected chi connectivity index (χ3v) is 4.49. The van der Waals surface area contributed by atoms with Crippen molar-refractivity contribution in [2.45, 2.75) is 58.4 Å². The standard InChI is InChI=1S/C14H24N2/c1-14(2)7-4-9-16(10-8-14)13-6-3-5-12(13)11-15/h12-13H,3-10H2,1-2H3. The van der Waals surface area contributed by atoms with Crippen molar-refractivity contribution in [3.05, 3.63) is 0 Å². The summed E-state index contributed by atoms with van der Waals surface area (Å²) in [5, 5.41) is 9.16. The molecule has 0 aromatic rings. The topological polar surface area (TPSA) is 27.0 Å². The normalized spacial score (nSPS) is 35.6. The van der Waals surface area contributed by atoms with E-state index in [0.29, 0.717) is 17.4 Å². The van der Waals surface area contributed by atoms with Gasteiger partial charge in [0.2, 0.25) is 0 Å². The lowest BCUT2D eigenvalue weighted by Gasteiger charge is -2.30. The molecule has 2 rings (SSSR count). The maximum atomic E-state index is 9.16. The molecule has 2 unspecified atom stereocenters. The molecule has 0 radical (unpaired) electrons. The molecule has 1 aliphatic heterocycles. The molecular weight excluding hydrogens is 196 g/mol. The molecule has 2 fully saturated rings. The Labute approximate surface area is 99.6 Å². The Morgan fingerprint density at radius 1 is 1.12 bits per heavy atom. The van der Waals surface area contributed by atoms with E-state index in [9.17, 15) is 0 Å². The molecule has 1 saturated heterocycles. The van der Waals surface area contributed by atoms with Crippen LogP contribution < -0.4 is 0 Å². The first kappa shape index (κ1) is 11.9. The Balaban J connectivity index is 1.97. The fraction of sp³-hybridized carbons (Fsp3) is 0.929. The van der Waals surface area contributed by atoms with Gasteiger partial charge in [-0.3, -0.25) is 4.90 Å². The summed E-state index contributed by atoms with van der Waals surface area (Å²) in [5.41, 5.74) is 0.509. The van der Waals surface area contributed by atoms with Crippen LogP contribution in [0.4, 0.5) is 0 Å². The van der Waals surface area contributed by atoms with Crippen LogP contribution in [0.25, 0.3) is 0 Å². The van der Waals surface area contributed by atoms with E-state index < -0.39 is 0 Å². The number of hydrogen-bond acceptors (Lipinski definition) is 2. The zero-order chi connectivity index (χ0) is 11.6. The molecule has 0 N–H and O–H groups in total. The lowest BCUT2D eigenvalue weighted by atomic mass is 9.85. The average Bonchev–Trinajstić information content (AvgIpc) is 2.63. The summed E-state index contributed by atoms with van der Waals surface area (Å²) in [6.45, 7) is 7.18. The number of likely N-dealkylation sites (tertiary alicyclic amines) is 1. The van der Waals surface area contributed by atoms with Crippen LogP contribution in [-0.4, -0.2) is 24.0 Å². The molecule has 2 atom stereocenters. The minimum absolute atomic E-state index is 0.307. The number of nitrogens with zero attached hydrogens (tertiary/aromatic N) is 2. The van der Waals surface area contributed by atoms with Gasteiger partial charge >= 0.3 is 0 Å². The van der Waals surface area contributed by atoms with Gasteiger partial charge in [-0.25, -0.2) is 0 Å². The zero-order valence-electron chi connectivity index (χ0n) is 10.7. The molecular formula is C14H24N2. The molecule has 0 aromatic heterocycles. The zero-order valence-corrected chi connectivity index (χ0v) is 10.7. The maximum Gasteiger partial charge on any atom is 0.0672 e. The van der Waals surface area contributed by atoms with Crippen molar-refractivity contribution in [1.82, 2.24) is 4.90 Å². The molecule has 0 amide bonds. The van der Waals surface area contributed by atoms with Crippen molar-refractivity contribution >= 4 is 0 Å². The predicted octanol–water partition coefficient (Wildman–Crippen LogP) is 3.19. The fourth-order valence-corrected chi connectivity index (χ4v) is 3.30. The van der Waals surface area contributed by atoms with Gasteiger partial charge < -0.3 is 0 Å². The smallest absolute Gasteiger partial charge is 0.0672 e. The van der Waals surface area contributed by atoms with E-state index in [0.717, 1.165) is 6.42 Å². The lowest BCUT2D eigenvalue weighted by Crippen LogP contribution is -2.38. The van der Waals surface area contributed by atoms with Gasteiger partial charge in [-0.1, -0.05) is 20.3 Å². The highest BCUT2D eigenvalue weighted by Crippen LogP contribution is 2.35. The third kappa shape index (κ3) is 2.58. The van der Waals surface area contributed by atoms with Gasteiger partial charge in [-0.15, -0.1) is 0 Å². The summed E-state index contributed by atoms with van der Waals surface area (Å²) in [6, 6.07) is 3.08. The maximum absolute atomic E-state index is 9.16. The van der Waals surface area contributed by atoms with Crippen LogP contribution >= 0.6 is 0 Å². The van der Waals surface area contributed by atoms with E-state index in [1.54, 1.807) is 0 Å². The largest absolute Gasteiger partial charge is 0.299 e. The SMILES string of the molecule is CC1(C)CCCN(C2CCCC2C#N)CC1. The number of hydrogen-bond donors (Lipinski definition) is 0. The van der Waals surface area contributed by atoms with Gasteiger partial charge in [0.1, 0.15) is 0 Å². The van der Waals surface area contributed by atoms with Crippen LogP contribution in [0.2, 0.25) is 0 Å². The van der Waals surface area contributed by atoms with Crippen molar-refractivity contribution in [3.8, 4) is 6.07 Å². The number of nitriles is 1. The van der Waals surface area contributed by atoms with E-state index in [-0.39, 0.29) is 0 Å². The van der Waals surface area contributed by atoms with E-state index in [2.05, 4.69) is 24.8 Å². The summed E-state index contributed by atoms with van der Waals surface area (Å²) in [5.74, 6) is 0.307. The van der Waals surface area contributed by atoms with Crippen molar-refractivity contribution in [1.29, 1.82) is 5.26 Å². The van der Waals surface area contributed by atoms with Crippen molar-refractivity contribution in [3.63, 3.8) is 0 Å². The van der Waals surface area contributed by atoms with Crippen LogP contribution in [0, 0.1) is 22.7 Å². The average molecular weight is 220 g/mol. The minimum atomic E-state index is 0.307. The van der Waals surface area contributed by atoms with Crippen LogP contribution in [-0.2, 0) is 0 Å². The molecule has 16 heavy (non-hydrogen) atoms. The van der Waals surface area contributed by atoms with Gasteiger partial charge in [0, 0.05) is 6.04 Å². The third-order valence-electron chi connectivity index (χ3n) is 4.49. The monoisotopic (exact) mass is 220 g/mol. The summed E-state index contributed by atoms with van der Waals surface area (Å²) < 4.78 is 0. The first-order valence-electron chi connectivity index (χ1n) is 6.76. The summed E-state index contributed by atoms with van der Waals surface area (Å²) >= 11 is 0. The molecule has 2 aliphatic rings. The van der Waals surface area contributed by atoms with E-state index >= 15 is 0 Å². The molecule has 2 nitrogen and oxygen atoms in total. The van der Waals surface area contributed by atoms with Gasteiger partial charge in [0.15, 0.2) is 0 Å². The molecule has 90 valence electrons. The lowest BCUT2D eigenvalue weighted by molar-refractivity contribution is 0.177. The van der Waals surface area contributed by atoms with Gasteiger partial charge in [-0.2, -0.15) is 5.26 Å². The molecule has 0 spiro atoms. The minimum Gasteiger partial charge on any atom is -0.299 e. The summed E-state index contributed by atoms with van der Waals surface area (Å²) in [7, 11) is 0. The Kier molecular flexibility index (Phi) is 3.54. The highest BCUT2D eigenvalue weighted by molar-refractivity contribution is 4.98. The summed E-state index contributed by atoms with van der Waals surface area (Å²) in [6.07, 6.45) is 7.57. The number of rotatable bonds is 1. The van der Waals surface area contributed by atoms with Crippen LogP contribution in [0.15, 0.2) is 0 Å². The Bertz CT molecular complexity index is 277. The molecule has 1 heterocycles. The molecule has 1 saturated carbocycles. The van der Waals surface area contributed by atoms with Gasteiger partial charge in [0.25, 0.3) is 0 Å². The molecule has 2 heteroatoms. The highest BCUT2D eigenvalue weighted by atomic mass is 15.2. The first-order chi connectivity index (χ1) is 7.62. The van der Waals surface area contributed by atoms with Crippen LogP contribution in [0.5, 0.6) is 0 Å². The second kappa shape index (κ2) is 4.75. The van der Waals surface area contributed by atoms with Crippen molar-refractivity contribution in [2.75, 3.05) is 13.1 Å². The molecule has 1 aliphatic carbocycles. The van der Waals surface area contributed by atoms with Gasteiger partial charge in [-0.05, 0) is 50.6 Å². The molecule has 0 bridgehead atoms. The van der Waals surface area contributed by atoms with E-state index in [1.807, 2.05) is 0 Å². The fourth-order valence-electron chi connectivity index (χ4n) is 3.30. The van der Waals surface area contributed by atoms with Crippen LogP contribution in [0.1, 0.15) is 52.4 Å². The first-order valence-corrected chi connectivity index (χ1v) is 6.76. The predicted molar refractivity (Wildman–Crippen MR) is 65.9 cm³/mol. The van der Waals surface area contributed by atoms with Crippen molar-refractivity contribution < 1.29 is 0 Å². The van der Waals surface area contributed by atoms with Crippen molar-refractivity contribution in [2.24, 2.45) is 11.3 Å². The summed E-state index contributed by atoms with van der Waals surface area (Å²) in [4.78, 5) is 2.61.